The first-order valence-electron chi connectivity index (χ1n) is 7.51. The van der Waals surface area contributed by atoms with Crippen LogP contribution in [0.2, 0.25) is 5.02 Å². The first-order valence-corrected chi connectivity index (χ1v) is 8.33. The number of ether oxygens (including phenoxy) is 1. The fourth-order valence-corrected chi connectivity index (χ4v) is 3.54. The van der Waals surface area contributed by atoms with Crippen LogP contribution >= 0.6 is 23.2 Å². The minimum atomic E-state index is -0.126. The van der Waals surface area contributed by atoms with Crippen LogP contribution in [-0.4, -0.2) is 22.3 Å². The van der Waals surface area contributed by atoms with Crippen molar-refractivity contribution in [2.24, 2.45) is 5.92 Å². The van der Waals surface area contributed by atoms with E-state index < -0.39 is 0 Å². The van der Waals surface area contributed by atoms with E-state index in [1.807, 2.05) is 25.1 Å². The minimum absolute atomic E-state index is 0.126. The Morgan fingerprint density at radius 2 is 2.29 bits per heavy atom. The molecule has 5 heteroatoms. The molecular formula is C16H20Cl2N2O. The molecule has 0 aliphatic carbocycles. The zero-order valence-electron chi connectivity index (χ0n) is 12.4. The van der Waals surface area contributed by atoms with Crippen LogP contribution in [0.1, 0.15) is 37.9 Å². The van der Waals surface area contributed by atoms with Gasteiger partial charge in [-0.15, -0.1) is 11.6 Å². The summed E-state index contributed by atoms with van der Waals surface area (Å²) in [5, 5.41) is 0.579. The van der Waals surface area contributed by atoms with Gasteiger partial charge in [0.1, 0.15) is 5.82 Å². The Bertz CT molecular complexity index is 638. The number of rotatable bonds is 4. The van der Waals surface area contributed by atoms with Crippen LogP contribution in [0.25, 0.3) is 11.0 Å². The third-order valence-electron chi connectivity index (χ3n) is 4.26. The molecule has 1 fully saturated rings. The maximum atomic E-state index is 6.33. The van der Waals surface area contributed by atoms with Gasteiger partial charge < -0.3 is 9.30 Å². The Kier molecular flexibility index (Phi) is 4.43. The number of hydrogen-bond donors (Lipinski definition) is 0. The zero-order valence-corrected chi connectivity index (χ0v) is 13.9. The fourth-order valence-electron chi connectivity index (χ4n) is 3.20. The Hall–Kier alpha value is -0.770. The second-order valence-corrected chi connectivity index (χ2v) is 6.79. The average Bonchev–Trinajstić information content (AvgIpc) is 3.03. The van der Waals surface area contributed by atoms with Crippen molar-refractivity contribution in [1.82, 2.24) is 9.55 Å². The van der Waals surface area contributed by atoms with Gasteiger partial charge in [-0.3, -0.25) is 0 Å². The molecule has 3 unspecified atom stereocenters. The van der Waals surface area contributed by atoms with E-state index in [-0.39, 0.29) is 5.38 Å². The first kappa shape index (κ1) is 15.1. The van der Waals surface area contributed by atoms with Crippen molar-refractivity contribution in [1.29, 1.82) is 0 Å². The van der Waals surface area contributed by atoms with Crippen molar-refractivity contribution in [2.75, 3.05) is 6.61 Å². The predicted molar refractivity (Wildman–Crippen MR) is 87.1 cm³/mol. The van der Waals surface area contributed by atoms with Gasteiger partial charge in [0.05, 0.1) is 22.5 Å². The Morgan fingerprint density at radius 3 is 3.00 bits per heavy atom. The molecule has 1 aliphatic heterocycles. The molecule has 1 aromatic carbocycles. The lowest BCUT2D eigenvalue weighted by Crippen LogP contribution is -2.21. The largest absolute Gasteiger partial charge is 0.378 e. The van der Waals surface area contributed by atoms with Crippen LogP contribution in [-0.2, 0) is 11.3 Å². The van der Waals surface area contributed by atoms with Gasteiger partial charge in [-0.25, -0.2) is 4.98 Å². The highest BCUT2D eigenvalue weighted by Crippen LogP contribution is 2.31. The average molecular weight is 327 g/mol. The standard InChI is InChI=1S/C16H20Cl2N2O/c1-3-15-11(6-7-21-15)9-20-14-5-4-12(18)8-13(14)19-16(20)10(2)17/h4-5,8,10-11,15H,3,6-7,9H2,1-2H3. The summed E-state index contributed by atoms with van der Waals surface area (Å²) in [6.45, 7) is 5.90. The predicted octanol–water partition coefficient (Wildman–Crippen LogP) is 4.80. The lowest BCUT2D eigenvalue weighted by molar-refractivity contribution is 0.0835. The second-order valence-electron chi connectivity index (χ2n) is 5.70. The molecule has 2 aromatic rings. The van der Waals surface area contributed by atoms with Crippen molar-refractivity contribution in [3.05, 3.63) is 29.0 Å². The number of imidazole rings is 1. The summed E-state index contributed by atoms with van der Waals surface area (Å²) in [5.41, 5.74) is 2.01. The molecule has 1 saturated heterocycles. The number of hydrogen-bond acceptors (Lipinski definition) is 2. The SMILES string of the molecule is CCC1OCCC1Cn1c(C(C)Cl)nc2cc(Cl)ccc21. The van der Waals surface area contributed by atoms with Crippen LogP contribution in [0.4, 0.5) is 0 Å². The third-order valence-corrected chi connectivity index (χ3v) is 4.69. The summed E-state index contributed by atoms with van der Waals surface area (Å²) in [5.74, 6) is 1.44. The van der Waals surface area contributed by atoms with Crippen LogP contribution in [0.5, 0.6) is 0 Å². The summed E-state index contributed by atoms with van der Waals surface area (Å²) in [4.78, 5) is 4.67. The molecule has 0 bridgehead atoms. The topological polar surface area (TPSA) is 27.1 Å². The zero-order chi connectivity index (χ0) is 15.0. The Labute approximate surface area is 135 Å². The summed E-state index contributed by atoms with van der Waals surface area (Å²) in [6, 6.07) is 5.84. The van der Waals surface area contributed by atoms with Crippen molar-refractivity contribution in [3.63, 3.8) is 0 Å². The van der Waals surface area contributed by atoms with E-state index in [1.54, 1.807) is 0 Å². The molecule has 1 aromatic heterocycles. The van der Waals surface area contributed by atoms with Crippen LogP contribution in [0.15, 0.2) is 18.2 Å². The molecule has 0 N–H and O–H groups in total. The van der Waals surface area contributed by atoms with Gasteiger partial charge in [0.15, 0.2) is 0 Å². The van der Waals surface area contributed by atoms with E-state index in [4.69, 9.17) is 27.9 Å². The van der Waals surface area contributed by atoms with E-state index in [1.165, 1.54) is 0 Å². The van der Waals surface area contributed by atoms with Crippen molar-refractivity contribution in [2.45, 2.75) is 44.7 Å². The smallest absolute Gasteiger partial charge is 0.127 e. The maximum absolute atomic E-state index is 6.33. The van der Waals surface area contributed by atoms with Crippen LogP contribution in [0.3, 0.4) is 0 Å². The van der Waals surface area contributed by atoms with Crippen molar-refractivity contribution in [3.8, 4) is 0 Å². The molecule has 2 heterocycles. The van der Waals surface area contributed by atoms with Crippen molar-refractivity contribution >= 4 is 34.2 Å². The maximum Gasteiger partial charge on any atom is 0.127 e. The number of fused-ring (bicyclic) bond motifs is 1. The highest BCUT2D eigenvalue weighted by Gasteiger charge is 2.28. The molecule has 0 radical (unpaired) electrons. The molecule has 114 valence electrons. The molecule has 3 rings (SSSR count). The fraction of sp³-hybridized carbons (Fsp3) is 0.562. The monoisotopic (exact) mass is 326 g/mol. The number of halogens is 2. The number of aromatic nitrogens is 2. The molecule has 3 nitrogen and oxygen atoms in total. The van der Waals surface area contributed by atoms with Gasteiger partial charge in [0.25, 0.3) is 0 Å². The molecule has 0 amide bonds. The highest BCUT2D eigenvalue weighted by atomic mass is 35.5. The highest BCUT2D eigenvalue weighted by molar-refractivity contribution is 6.31. The van der Waals surface area contributed by atoms with Gasteiger partial charge in [-0.05, 0) is 38.0 Å². The molecule has 1 aliphatic rings. The third kappa shape index (κ3) is 2.92. The summed E-state index contributed by atoms with van der Waals surface area (Å²) in [7, 11) is 0. The molecule has 0 spiro atoms. The molecule has 0 saturated carbocycles. The van der Waals surface area contributed by atoms with Gasteiger partial charge in [-0.2, -0.15) is 0 Å². The second kappa shape index (κ2) is 6.15. The van der Waals surface area contributed by atoms with Gasteiger partial charge in [0, 0.05) is 24.1 Å². The lowest BCUT2D eigenvalue weighted by Gasteiger charge is -2.19. The van der Waals surface area contributed by atoms with Crippen LogP contribution < -0.4 is 0 Å². The number of nitrogens with zero attached hydrogens (tertiary/aromatic N) is 2. The number of benzene rings is 1. The van der Waals surface area contributed by atoms with Gasteiger partial charge >= 0.3 is 0 Å². The quantitative estimate of drug-likeness (QED) is 0.754. The van der Waals surface area contributed by atoms with E-state index >= 15 is 0 Å². The van der Waals surface area contributed by atoms with Crippen molar-refractivity contribution < 1.29 is 4.74 Å². The van der Waals surface area contributed by atoms with E-state index in [0.29, 0.717) is 17.0 Å². The van der Waals surface area contributed by atoms with E-state index in [0.717, 1.165) is 42.9 Å². The van der Waals surface area contributed by atoms with Gasteiger partial charge in [0.2, 0.25) is 0 Å². The first-order chi connectivity index (χ1) is 10.1. The van der Waals surface area contributed by atoms with E-state index in [9.17, 15) is 0 Å². The summed E-state index contributed by atoms with van der Waals surface area (Å²) >= 11 is 12.4. The summed E-state index contributed by atoms with van der Waals surface area (Å²) < 4.78 is 8.05. The Morgan fingerprint density at radius 1 is 1.48 bits per heavy atom. The van der Waals surface area contributed by atoms with E-state index in [2.05, 4.69) is 16.5 Å². The Balaban J connectivity index is 2.01. The minimum Gasteiger partial charge on any atom is -0.378 e. The molecule has 3 atom stereocenters. The lowest BCUT2D eigenvalue weighted by atomic mass is 9.99. The molecule has 21 heavy (non-hydrogen) atoms. The summed E-state index contributed by atoms with van der Waals surface area (Å²) in [6.07, 6.45) is 2.49. The van der Waals surface area contributed by atoms with Gasteiger partial charge in [-0.1, -0.05) is 18.5 Å². The van der Waals surface area contributed by atoms with Crippen LogP contribution in [0, 0.1) is 5.92 Å². The molecular weight excluding hydrogens is 307 g/mol. The number of alkyl halides is 1. The normalized spacial score (nSPS) is 23.8.